The minimum atomic E-state index is -0.320. The molecular formula is C13H16ClNO3S. The number of carbonyl (C=O) groups is 2. The van der Waals surface area contributed by atoms with Crippen molar-refractivity contribution in [3.63, 3.8) is 0 Å². The predicted octanol–water partition coefficient (Wildman–Crippen LogP) is 2.56. The first-order valence-electron chi connectivity index (χ1n) is 5.79. The second-order valence-electron chi connectivity index (χ2n) is 3.87. The molecule has 0 heterocycles. The Hall–Kier alpha value is -1.20. The largest absolute Gasteiger partial charge is 0.507 e. The van der Waals surface area contributed by atoms with Gasteiger partial charge in [0.25, 0.3) is 0 Å². The summed E-state index contributed by atoms with van der Waals surface area (Å²) in [6.07, 6.45) is 2.20. The van der Waals surface area contributed by atoms with Crippen molar-refractivity contribution in [2.75, 3.05) is 12.1 Å². The average Bonchev–Trinajstić information content (AvgIpc) is 2.44. The first-order chi connectivity index (χ1) is 9.03. The van der Waals surface area contributed by atoms with Crippen LogP contribution in [0.2, 0.25) is 0 Å². The Morgan fingerprint density at radius 3 is 2.63 bits per heavy atom. The molecule has 1 amide bonds. The minimum Gasteiger partial charge on any atom is -0.507 e. The van der Waals surface area contributed by atoms with Gasteiger partial charge >= 0.3 is 0 Å². The third-order valence-corrected chi connectivity index (χ3v) is 3.57. The van der Waals surface area contributed by atoms with Gasteiger partial charge in [0.05, 0.1) is 5.56 Å². The number of aromatic hydroxyl groups is 1. The van der Waals surface area contributed by atoms with E-state index in [1.54, 1.807) is 19.1 Å². The number of rotatable bonds is 6. The van der Waals surface area contributed by atoms with Crippen LogP contribution >= 0.6 is 23.4 Å². The maximum Gasteiger partial charge on any atom is 0.235 e. The van der Waals surface area contributed by atoms with Gasteiger partial charge in [-0.1, -0.05) is 6.92 Å². The van der Waals surface area contributed by atoms with Crippen LogP contribution in [-0.4, -0.2) is 28.9 Å². The van der Waals surface area contributed by atoms with Gasteiger partial charge in [-0.05, 0) is 18.4 Å². The molecule has 4 nitrogen and oxygen atoms in total. The van der Waals surface area contributed by atoms with Gasteiger partial charge in [0.2, 0.25) is 5.91 Å². The molecule has 0 aliphatic rings. The zero-order chi connectivity index (χ0) is 14.4. The highest BCUT2D eigenvalue weighted by atomic mass is 35.5. The van der Waals surface area contributed by atoms with Crippen LogP contribution in [0.3, 0.4) is 0 Å². The zero-order valence-corrected chi connectivity index (χ0v) is 12.4. The van der Waals surface area contributed by atoms with Crippen molar-refractivity contribution in [2.24, 2.45) is 0 Å². The number of benzene rings is 1. The van der Waals surface area contributed by atoms with E-state index in [0.717, 1.165) is 4.90 Å². The lowest BCUT2D eigenvalue weighted by atomic mass is 10.0. The molecule has 104 valence electrons. The van der Waals surface area contributed by atoms with E-state index in [9.17, 15) is 14.7 Å². The molecule has 0 bridgehead atoms. The maximum atomic E-state index is 11.8. The van der Waals surface area contributed by atoms with Gasteiger partial charge in [-0.3, -0.25) is 9.59 Å². The maximum absolute atomic E-state index is 11.8. The number of nitrogens with one attached hydrogen (secondary N) is 1. The van der Waals surface area contributed by atoms with Crippen LogP contribution in [0.5, 0.6) is 5.75 Å². The Morgan fingerprint density at radius 2 is 2.11 bits per heavy atom. The molecule has 0 aliphatic carbocycles. The second kappa shape index (κ2) is 7.40. The summed E-state index contributed by atoms with van der Waals surface area (Å²) in [6.45, 7) is 1.89. The van der Waals surface area contributed by atoms with Gasteiger partial charge in [0.15, 0.2) is 5.78 Å². The highest BCUT2D eigenvalue weighted by Crippen LogP contribution is 2.29. The number of phenols is 1. The Morgan fingerprint density at radius 1 is 1.42 bits per heavy atom. The molecule has 0 aliphatic heterocycles. The Balaban J connectivity index is 3.08. The molecular weight excluding hydrogens is 286 g/mol. The molecule has 0 atom stereocenters. The molecule has 1 rings (SSSR count). The van der Waals surface area contributed by atoms with Crippen LogP contribution in [0.1, 0.15) is 29.3 Å². The van der Waals surface area contributed by atoms with Crippen LogP contribution in [0, 0.1) is 0 Å². The SMILES string of the molecule is CCC(=O)c1cc(SC)cc(CNC(=O)CCl)c1O. The topological polar surface area (TPSA) is 66.4 Å². The summed E-state index contributed by atoms with van der Waals surface area (Å²) in [5.74, 6) is -0.652. The van der Waals surface area contributed by atoms with Crippen molar-refractivity contribution >= 4 is 35.1 Å². The Bertz CT molecular complexity index is 491. The minimum absolute atomic E-state index is 0.0699. The second-order valence-corrected chi connectivity index (χ2v) is 5.02. The lowest BCUT2D eigenvalue weighted by molar-refractivity contribution is -0.118. The number of halogens is 1. The third-order valence-electron chi connectivity index (χ3n) is 2.62. The summed E-state index contributed by atoms with van der Waals surface area (Å²) >= 11 is 6.86. The van der Waals surface area contributed by atoms with Crippen LogP contribution in [0.25, 0.3) is 0 Å². The van der Waals surface area contributed by atoms with E-state index in [-0.39, 0.29) is 29.9 Å². The monoisotopic (exact) mass is 301 g/mol. The van der Waals surface area contributed by atoms with Gasteiger partial charge in [-0.15, -0.1) is 23.4 Å². The molecule has 19 heavy (non-hydrogen) atoms. The van der Waals surface area contributed by atoms with Gasteiger partial charge in [0, 0.05) is 23.4 Å². The van der Waals surface area contributed by atoms with E-state index >= 15 is 0 Å². The number of ketones is 1. The smallest absolute Gasteiger partial charge is 0.235 e. The molecule has 0 unspecified atom stereocenters. The third kappa shape index (κ3) is 4.14. The fourth-order valence-corrected chi connectivity index (χ4v) is 2.15. The first-order valence-corrected chi connectivity index (χ1v) is 7.55. The standard InChI is InChI=1S/C13H16ClNO3S/c1-3-11(16)10-5-9(19-2)4-8(13(10)18)7-15-12(17)6-14/h4-5,18H,3,6-7H2,1-2H3,(H,15,17). The van der Waals surface area contributed by atoms with E-state index in [0.29, 0.717) is 17.5 Å². The lowest BCUT2D eigenvalue weighted by Crippen LogP contribution is -2.24. The normalized spacial score (nSPS) is 10.3. The number of thioether (sulfide) groups is 1. The number of phenolic OH excluding ortho intramolecular Hbond substituents is 1. The van der Waals surface area contributed by atoms with E-state index in [4.69, 9.17) is 11.6 Å². The molecule has 0 aromatic heterocycles. The average molecular weight is 302 g/mol. The number of hydrogen-bond donors (Lipinski definition) is 2. The fourth-order valence-electron chi connectivity index (χ4n) is 1.56. The van der Waals surface area contributed by atoms with E-state index in [1.807, 2.05) is 6.26 Å². The molecule has 0 saturated heterocycles. The molecule has 0 spiro atoms. The van der Waals surface area contributed by atoms with Gasteiger partial charge < -0.3 is 10.4 Å². The molecule has 1 aromatic carbocycles. The van der Waals surface area contributed by atoms with Gasteiger partial charge in [0.1, 0.15) is 11.6 Å². The summed E-state index contributed by atoms with van der Waals surface area (Å²) in [4.78, 5) is 23.8. The summed E-state index contributed by atoms with van der Waals surface area (Å²) in [6, 6.07) is 3.42. The van der Waals surface area contributed by atoms with Crippen molar-refractivity contribution < 1.29 is 14.7 Å². The van der Waals surface area contributed by atoms with E-state index < -0.39 is 0 Å². The molecule has 0 radical (unpaired) electrons. The lowest BCUT2D eigenvalue weighted by Gasteiger charge is -2.11. The molecule has 1 aromatic rings. The van der Waals surface area contributed by atoms with Crippen LogP contribution in [0.4, 0.5) is 0 Å². The number of carbonyl (C=O) groups excluding carboxylic acids is 2. The predicted molar refractivity (Wildman–Crippen MR) is 77.1 cm³/mol. The van der Waals surface area contributed by atoms with E-state index in [2.05, 4.69) is 5.32 Å². The first kappa shape index (κ1) is 15.9. The van der Waals surface area contributed by atoms with Crippen molar-refractivity contribution in [3.05, 3.63) is 23.3 Å². The van der Waals surface area contributed by atoms with Crippen molar-refractivity contribution in [2.45, 2.75) is 24.8 Å². The highest BCUT2D eigenvalue weighted by Gasteiger charge is 2.15. The number of alkyl halides is 1. The van der Waals surface area contributed by atoms with Crippen LogP contribution in [-0.2, 0) is 11.3 Å². The summed E-state index contributed by atoms with van der Waals surface area (Å²) in [5.41, 5.74) is 0.812. The van der Waals surface area contributed by atoms with E-state index in [1.165, 1.54) is 11.8 Å². The Kier molecular flexibility index (Phi) is 6.18. The number of hydrogen-bond acceptors (Lipinski definition) is 4. The molecule has 0 fully saturated rings. The summed E-state index contributed by atoms with van der Waals surface area (Å²) in [5, 5.41) is 12.7. The van der Waals surface area contributed by atoms with Gasteiger partial charge in [-0.2, -0.15) is 0 Å². The van der Waals surface area contributed by atoms with Crippen molar-refractivity contribution in [1.82, 2.24) is 5.32 Å². The molecule has 6 heteroatoms. The fraction of sp³-hybridized carbons (Fsp3) is 0.385. The highest BCUT2D eigenvalue weighted by molar-refractivity contribution is 7.98. The number of Topliss-reactive ketones (excluding diaryl/α,β-unsaturated/α-hetero) is 1. The van der Waals surface area contributed by atoms with Crippen LogP contribution in [0.15, 0.2) is 17.0 Å². The number of amides is 1. The molecule has 2 N–H and O–H groups in total. The summed E-state index contributed by atoms with van der Waals surface area (Å²) in [7, 11) is 0. The quantitative estimate of drug-likeness (QED) is 0.481. The summed E-state index contributed by atoms with van der Waals surface area (Å²) < 4.78 is 0. The van der Waals surface area contributed by atoms with Crippen molar-refractivity contribution in [3.8, 4) is 5.75 Å². The van der Waals surface area contributed by atoms with Crippen molar-refractivity contribution in [1.29, 1.82) is 0 Å². The van der Waals surface area contributed by atoms with Gasteiger partial charge in [-0.25, -0.2) is 0 Å². The van der Waals surface area contributed by atoms with Crippen LogP contribution < -0.4 is 5.32 Å². The zero-order valence-electron chi connectivity index (χ0n) is 10.8. The Labute approximate surface area is 121 Å². The molecule has 0 saturated carbocycles.